The van der Waals surface area contributed by atoms with Crippen LogP contribution >= 0.6 is 0 Å². The molecule has 1 unspecified atom stereocenters. The van der Waals surface area contributed by atoms with E-state index in [2.05, 4.69) is 31.6 Å². The summed E-state index contributed by atoms with van der Waals surface area (Å²) in [6, 6.07) is 0.828. The maximum absolute atomic E-state index is 5.44. The van der Waals surface area contributed by atoms with Gasteiger partial charge in [0, 0.05) is 38.6 Å². The van der Waals surface area contributed by atoms with E-state index in [1.165, 1.54) is 57.4 Å². The van der Waals surface area contributed by atoms with Gasteiger partial charge in [0.05, 0.1) is 19.8 Å². The predicted octanol–water partition coefficient (Wildman–Crippen LogP) is 1.77. The average molecular weight is 333 g/mol. The molecule has 3 fully saturated rings. The fraction of sp³-hybridized carbons (Fsp3) is 0.889. The molecule has 134 valence electrons. The first-order chi connectivity index (χ1) is 11.8. The molecule has 0 N–H and O–H groups in total. The second kappa shape index (κ2) is 7.50. The summed E-state index contributed by atoms with van der Waals surface area (Å²) >= 11 is 0. The number of rotatable bonds is 4. The zero-order chi connectivity index (χ0) is 16.4. The van der Waals surface area contributed by atoms with Gasteiger partial charge in [-0.25, -0.2) is 0 Å². The van der Waals surface area contributed by atoms with E-state index in [4.69, 9.17) is 4.74 Å². The van der Waals surface area contributed by atoms with Crippen molar-refractivity contribution in [1.82, 2.24) is 24.6 Å². The molecule has 1 aromatic heterocycles. The van der Waals surface area contributed by atoms with Crippen molar-refractivity contribution in [1.29, 1.82) is 0 Å². The van der Waals surface area contributed by atoms with Crippen molar-refractivity contribution in [2.75, 3.05) is 39.4 Å². The Bertz CT molecular complexity index is 534. The van der Waals surface area contributed by atoms with Gasteiger partial charge < -0.3 is 9.30 Å². The molecule has 1 aromatic rings. The molecule has 0 bridgehead atoms. The zero-order valence-electron chi connectivity index (χ0n) is 15.0. The number of ether oxygens (including phenoxy) is 1. The van der Waals surface area contributed by atoms with Gasteiger partial charge >= 0.3 is 0 Å². The summed E-state index contributed by atoms with van der Waals surface area (Å²) in [5.41, 5.74) is 0. The molecule has 2 aliphatic heterocycles. The summed E-state index contributed by atoms with van der Waals surface area (Å²) in [4.78, 5) is 5.15. The molecular weight excluding hydrogens is 302 g/mol. The standard InChI is InChI=1S/C18H31N5O/c1-21-17(14-22-9-11-24-12-10-22)19-20-18(21)15-5-4-8-23(13-15)16-6-2-3-7-16/h15-16H,2-14H2,1H3. The predicted molar refractivity (Wildman–Crippen MR) is 92.9 cm³/mol. The Hall–Kier alpha value is -0.980. The Morgan fingerprint density at radius 2 is 1.79 bits per heavy atom. The molecule has 0 amide bonds. The molecule has 1 atom stereocenters. The van der Waals surface area contributed by atoms with E-state index in [0.29, 0.717) is 5.92 Å². The highest BCUT2D eigenvalue weighted by molar-refractivity contribution is 5.04. The first kappa shape index (κ1) is 16.5. The van der Waals surface area contributed by atoms with Crippen LogP contribution in [0.1, 0.15) is 56.1 Å². The van der Waals surface area contributed by atoms with Gasteiger partial charge in [-0.2, -0.15) is 0 Å². The molecule has 6 heteroatoms. The van der Waals surface area contributed by atoms with Gasteiger partial charge in [0.2, 0.25) is 0 Å². The van der Waals surface area contributed by atoms with E-state index < -0.39 is 0 Å². The van der Waals surface area contributed by atoms with Crippen LogP contribution in [0.25, 0.3) is 0 Å². The monoisotopic (exact) mass is 333 g/mol. The average Bonchev–Trinajstić information content (AvgIpc) is 3.27. The van der Waals surface area contributed by atoms with Crippen molar-refractivity contribution in [2.24, 2.45) is 7.05 Å². The number of likely N-dealkylation sites (tertiary alicyclic amines) is 1. The van der Waals surface area contributed by atoms with E-state index in [1.807, 2.05) is 0 Å². The van der Waals surface area contributed by atoms with Gasteiger partial charge in [0.25, 0.3) is 0 Å². The number of aromatic nitrogens is 3. The number of piperidine rings is 1. The molecule has 0 spiro atoms. The molecule has 1 saturated carbocycles. The van der Waals surface area contributed by atoms with Crippen LogP contribution in [0.2, 0.25) is 0 Å². The SMILES string of the molecule is Cn1c(CN2CCOCC2)nnc1C1CCCN(C2CCCC2)C1. The van der Waals surface area contributed by atoms with Gasteiger partial charge in [-0.05, 0) is 32.2 Å². The van der Waals surface area contributed by atoms with Crippen LogP contribution in [0.15, 0.2) is 0 Å². The van der Waals surface area contributed by atoms with E-state index in [-0.39, 0.29) is 0 Å². The number of nitrogens with zero attached hydrogens (tertiary/aromatic N) is 5. The minimum absolute atomic E-state index is 0.551. The van der Waals surface area contributed by atoms with Crippen LogP contribution in [0.4, 0.5) is 0 Å². The Balaban J connectivity index is 1.41. The van der Waals surface area contributed by atoms with Crippen molar-refractivity contribution >= 4 is 0 Å². The fourth-order valence-electron chi connectivity index (χ4n) is 4.65. The van der Waals surface area contributed by atoms with Crippen molar-refractivity contribution in [3.8, 4) is 0 Å². The van der Waals surface area contributed by atoms with Gasteiger partial charge in [-0.3, -0.25) is 9.80 Å². The van der Waals surface area contributed by atoms with Crippen LogP contribution in [-0.4, -0.2) is 70.0 Å². The van der Waals surface area contributed by atoms with Gasteiger partial charge in [0.1, 0.15) is 11.6 Å². The first-order valence-corrected chi connectivity index (χ1v) is 9.73. The Kier molecular flexibility index (Phi) is 5.15. The van der Waals surface area contributed by atoms with Gasteiger partial charge in [-0.15, -0.1) is 10.2 Å². The van der Waals surface area contributed by atoms with Crippen LogP contribution in [0.5, 0.6) is 0 Å². The summed E-state index contributed by atoms with van der Waals surface area (Å²) in [5.74, 6) is 2.85. The maximum atomic E-state index is 5.44. The highest BCUT2D eigenvalue weighted by Crippen LogP contribution is 2.31. The summed E-state index contributed by atoms with van der Waals surface area (Å²) in [5, 5.41) is 9.11. The maximum Gasteiger partial charge on any atom is 0.146 e. The van der Waals surface area contributed by atoms with E-state index in [1.54, 1.807) is 0 Å². The second-order valence-corrected chi connectivity index (χ2v) is 7.69. The molecule has 24 heavy (non-hydrogen) atoms. The summed E-state index contributed by atoms with van der Waals surface area (Å²) < 4.78 is 7.70. The molecule has 2 saturated heterocycles. The molecular formula is C18H31N5O. The topological polar surface area (TPSA) is 46.4 Å². The first-order valence-electron chi connectivity index (χ1n) is 9.73. The second-order valence-electron chi connectivity index (χ2n) is 7.69. The third kappa shape index (κ3) is 3.51. The third-order valence-electron chi connectivity index (χ3n) is 6.13. The fourth-order valence-corrected chi connectivity index (χ4v) is 4.65. The smallest absolute Gasteiger partial charge is 0.146 e. The Morgan fingerprint density at radius 1 is 1.00 bits per heavy atom. The van der Waals surface area contributed by atoms with Crippen LogP contribution in [-0.2, 0) is 18.3 Å². The van der Waals surface area contributed by atoms with Gasteiger partial charge in [0.15, 0.2) is 0 Å². The van der Waals surface area contributed by atoms with Crippen molar-refractivity contribution in [3.05, 3.63) is 11.6 Å². The minimum atomic E-state index is 0.551. The largest absolute Gasteiger partial charge is 0.379 e. The van der Waals surface area contributed by atoms with E-state index in [9.17, 15) is 0 Å². The molecule has 3 aliphatic rings. The van der Waals surface area contributed by atoms with E-state index in [0.717, 1.165) is 44.7 Å². The lowest BCUT2D eigenvalue weighted by molar-refractivity contribution is 0.0326. The minimum Gasteiger partial charge on any atom is -0.379 e. The summed E-state index contributed by atoms with van der Waals surface area (Å²) in [6.07, 6.45) is 8.18. The lowest BCUT2D eigenvalue weighted by Gasteiger charge is -2.36. The van der Waals surface area contributed by atoms with Crippen LogP contribution in [0, 0.1) is 0 Å². The number of morpholine rings is 1. The quantitative estimate of drug-likeness (QED) is 0.840. The zero-order valence-corrected chi connectivity index (χ0v) is 15.0. The van der Waals surface area contributed by atoms with Crippen molar-refractivity contribution in [3.63, 3.8) is 0 Å². The highest BCUT2D eigenvalue weighted by Gasteiger charge is 2.31. The summed E-state index contributed by atoms with van der Waals surface area (Å²) in [6.45, 7) is 7.02. The van der Waals surface area contributed by atoms with Gasteiger partial charge in [-0.1, -0.05) is 12.8 Å². The molecule has 0 aromatic carbocycles. The molecule has 3 heterocycles. The number of hydrogen-bond acceptors (Lipinski definition) is 5. The van der Waals surface area contributed by atoms with Crippen molar-refractivity contribution < 1.29 is 4.74 Å². The lowest BCUT2D eigenvalue weighted by atomic mass is 9.95. The van der Waals surface area contributed by atoms with Crippen molar-refractivity contribution in [2.45, 2.75) is 57.0 Å². The third-order valence-corrected chi connectivity index (χ3v) is 6.13. The summed E-state index contributed by atoms with van der Waals surface area (Å²) in [7, 11) is 2.15. The molecule has 1 aliphatic carbocycles. The highest BCUT2D eigenvalue weighted by atomic mass is 16.5. The molecule has 4 rings (SSSR count). The van der Waals surface area contributed by atoms with Crippen LogP contribution < -0.4 is 0 Å². The Morgan fingerprint density at radius 3 is 2.58 bits per heavy atom. The van der Waals surface area contributed by atoms with E-state index >= 15 is 0 Å². The normalized spacial score (nSPS) is 27.8. The Labute approximate surface area is 145 Å². The van der Waals surface area contributed by atoms with Crippen LogP contribution in [0.3, 0.4) is 0 Å². The molecule has 0 radical (unpaired) electrons. The lowest BCUT2D eigenvalue weighted by Crippen LogP contribution is -2.41. The number of hydrogen-bond donors (Lipinski definition) is 0. The molecule has 6 nitrogen and oxygen atoms in total.